The van der Waals surface area contributed by atoms with Crippen molar-refractivity contribution in [1.82, 2.24) is 4.98 Å². The van der Waals surface area contributed by atoms with Crippen LogP contribution in [0.5, 0.6) is 0 Å². The zero-order valence-corrected chi connectivity index (χ0v) is 11.0. The van der Waals surface area contributed by atoms with E-state index in [1.807, 2.05) is 6.07 Å². The molecular formula is C15H10ClFN2O. The molecule has 0 aliphatic heterocycles. The Hall–Kier alpha value is -2.33. The van der Waals surface area contributed by atoms with E-state index in [1.54, 1.807) is 18.3 Å². The molecule has 0 atom stereocenters. The van der Waals surface area contributed by atoms with Crippen LogP contribution in [0.25, 0.3) is 10.9 Å². The number of nitrogens with two attached hydrogens (primary N) is 1. The molecule has 1 heterocycles. The van der Waals surface area contributed by atoms with Gasteiger partial charge in [0.1, 0.15) is 5.82 Å². The lowest BCUT2D eigenvalue weighted by molar-refractivity contribution is 0.104. The van der Waals surface area contributed by atoms with Crippen LogP contribution in [0, 0.1) is 5.82 Å². The van der Waals surface area contributed by atoms with E-state index in [4.69, 9.17) is 17.3 Å². The molecule has 20 heavy (non-hydrogen) atoms. The van der Waals surface area contributed by atoms with Gasteiger partial charge in [0, 0.05) is 28.2 Å². The molecule has 0 fully saturated rings. The highest BCUT2D eigenvalue weighted by Crippen LogP contribution is 2.28. The number of aromatic amines is 1. The third kappa shape index (κ3) is 1.94. The van der Waals surface area contributed by atoms with Gasteiger partial charge in [-0.25, -0.2) is 4.39 Å². The fourth-order valence-electron chi connectivity index (χ4n) is 2.16. The first kappa shape index (κ1) is 12.7. The molecule has 100 valence electrons. The smallest absolute Gasteiger partial charge is 0.195 e. The number of carbonyl (C=O) groups excluding carboxylic acids is 1. The zero-order valence-electron chi connectivity index (χ0n) is 10.3. The van der Waals surface area contributed by atoms with E-state index in [2.05, 4.69) is 4.98 Å². The third-order valence-corrected chi connectivity index (χ3v) is 3.47. The molecule has 3 nitrogen and oxygen atoms in total. The van der Waals surface area contributed by atoms with Gasteiger partial charge in [-0.3, -0.25) is 4.79 Å². The Morgan fingerprint density at radius 1 is 1.25 bits per heavy atom. The minimum atomic E-state index is -0.543. The maximum absolute atomic E-state index is 13.2. The maximum atomic E-state index is 13.2. The van der Waals surface area contributed by atoms with Crippen LogP contribution in [-0.4, -0.2) is 10.8 Å². The number of carbonyl (C=O) groups is 1. The number of rotatable bonds is 2. The first-order chi connectivity index (χ1) is 9.58. The zero-order chi connectivity index (χ0) is 14.3. The molecule has 0 bridgehead atoms. The fourth-order valence-corrected chi connectivity index (χ4v) is 2.44. The van der Waals surface area contributed by atoms with Crippen molar-refractivity contribution < 1.29 is 9.18 Å². The molecular weight excluding hydrogens is 279 g/mol. The van der Waals surface area contributed by atoms with Crippen LogP contribution < -0.4 is 5.73 Å². The lowest BCUT2D eigenvalue weighted by Gasteiger charge is -2.03. The number of hydrogen-bond acceptors (Lipinski definition) is 2. The minimum absolute atomic E-state index is 0.0539. The summed E-state index contributed by atoms with van der Waals surface area (Å²) < 4.78 is 13.2. The van der Waals surface area contributed by atoms with Gasteiger partial charge in [-0.1, -0.05) is 17.7 Å². The summed E-state index contributed by atoms with van der Waals surface area (Å²) in [6, 6.07) is 9.26. The Morgan fingerprint density at radius 2 is 2.05 bits per heavy atom. The number of nitrogen functional groups attached to an aromatic ring is 1. The van der Waals surface area contributed by atoms with Crippen LogP contribution in [0.4, 0.5) is 10.1 Å². The number of aromatic nitrogens is 1. The van der Waals surface area contributed by atoms with E-state index in [-0.39, 0.29) is 11.5 Å². The van der Waals surface area contributed by atoms with Gasteiger partial charge < -0.3 is 10.7 Å². The predicted molar refractivity (Wildman–Crippen MR) is 77.6 cm³/mol. The monoisotopic (exact) mass is 288 g/mol. The van der Waals surface area contributed by atoms with Crippen molar-refractivity contribution in [2.24, 2.45) is 0 Å². The van der Waals surface area contributed by atoms with Crippen molar-refractivity contribution in [2.45, 2.75) is 0 Å². The molecule has 0 spiro atoms. The summed E-state index contributed by atoms with van der Waals surface area (Å²) in [5.41, 5.74) is 6.98. The van der Waals surface area contributed by atoms with Gasteiger partial charge in [0.25, 0.3) is 0 Å². The molecule has 3 N–H and O–H groups in total. The summed E-state index contributed by atoms with van der Waals surface area (Å²) in [5.74, 6) is -0.797. The quantitative estimate of drug-likeness (QED) is 0.557. The molecule has 0 aliphatic carbocycles. The highest BCUT2D eigenvalue weighted by atomic mass is 35.5. The third-order valence-electron chi connectivity index (χ3n) is 3.16. The molecule has 0 aliphatic rings. The number of ketones is 1. The normalized spacial score (nSPS) is 10.9. The summed E-state index contributed by atoms with van der Waals surface area (Å²) in [4.78, 5) is 15.5. The Bertz CT molecular complexity index is 826. The fraction of sp³-hybridized carbons (Fsp3) is 0. The standard InChI is InChI=1S/C15H10ClFN2O/c16-10-2-1-3-13-14(10)9(7-19-13)15(20)8-4-5-11(17)12(18)6-8/h1-7,19H,18H2. The van der Waals surface area contributed by atoms with Crippen LogP contribution >= 0.6 is 11.6 Å². The predicted octanol–water partition coefficient (Wildman–Crippen LogP) is 3.77. The molecule has 0 amide bonds. The first-order valence-electron chi connectivity index (χ1n) is 5.93. The highest BCUT2D eigenvalue weighted by Gasteiger charge is 2.17. The van der Waals surface area contributed by atoms with Crippen molar-refractivity contribution in [3.63, 3.8) is 0 Å². The highest BCUT2D eigenvalue weighted by molar-refractivity contribution is 6.37. The number of hydrogen-bond donors (Lipinski definition) is 2. The SMILES string of the molecule is Nc1cc(C(=O)c2c[nH]c3cccc(Cl)c23)ccc1F. The van der Waals surface area contributed by atoms with Crippen LogP contribution in [0.1, 0.15) is 15.9 Å². The molecule has 0 saturated heterocycles. The molecule has 2 aromatic carbocycles. The van der Waals surface area contributed by atoms with E-state index in [9.17, 15) is 9.18 Å². The summed E-state index contributed by atoms with van der Waals surface area (Å²) >= 11 is 6.13. The Kier molecular flexibility index (Phi) is 2.95. The Morgan fingerprint density at radius 3 is 2.80 bits per heavy atom. The summed E-state index contributed by atoms with van der Waals surface area (Å²) in [6.07, 6.45) is 1.60. The average Bonchev–Trinajstić information content (AvgIpc) is 2.86. The first-order valence-corrected chi connectivity index (χ1v) is 6.31. The van der Waals surface area contributed by atoms with E-state index in [1.165, 1.54) is 18.2 Å². The number of H-pyrrole nitrogens is 1. The largest absolute Gasteiger partial charge is 0.396 e. The van der Waals surface area contributed by atoms with Gasteiger partial charge >= 0.3 is 0 Å². The van der Waals surface area contributed by atoms with E-state index in [0.29, 0.717) is 21.5 Å². The Labute approximate surface area is 119 Å². The van der Waals surface area contributed by atoms with Crippen molar-refractivity contribution in [3.05, 3.63) is 64.6 Å². The van der Waals surface area contributed by atoms with Gasteiger partial charge in [0.05, 0.1) is 10.7 Å². The van der Waals surface area contributed by atoms with Crippen molar-refractivity contribution in [1.29, 1.82) is 0 Å². The number of nitrogens with one attached hydrogen (secondary N) is 1. The van der Waals surface area contributed by atoms with Crippen LogP contribution in [-0.2, 0) is 0 Å². The molecule has 0 radical (unpaired) electrons. The average molecular weight is 289 g/mol. The topological polar surface area (TPSA) is 58.9 Å². The number of halogens is 2. The van der Waals surface area contributed by atoms with Crippen LogP contribution in [0.2, 0.25) is 5.02 Å². The molecule has 1 aromatic heterocycles. The minimum Gasteiger partial charge on any atom is -0.396 e. The van der Waals surface area contributed by atoms with Crippen LogP contribution in [0.3, 0.4) is 0 Å². The molecule has 3 rings (SSSR count). The van der Waals surface area contributed by atoms with E-state index < -0.39 is 5.82 Å². The van der Waals surface area contributed by atoms with Crippen LogP contribution in [0.15, 0.2) is 42.6 Å². The van der Waals surface area contributed by atoms with Gasteiger partial charge in [-0.15, -0.1) is 0 Å². The number of benzene rings is 2. The van der Waals surface area contributed by atoms with Gasteiger partial charge in [0.15, 0.2) is 5.78 Å². The van der Waals surface area contributed by atoms with Gasteiger partial charge in [-0.05, 0) is 30.3 Å². The second-order valence-corrected chi connectivity index (χ2v) is 4.84. The maximum Gasteiger partial charge on any atom is 0.195 e. The molecule has 0 saturated carbocycles. The van der Waals surface area contributed by atoms with Gasteiger partial charge in [0.2, 0.25) is 0 Å². The lowest BCUT2D eigenvalue weighted by Crippen LogP contribution is -2.02. The summed E-state index contributed by atoms with van der Waals surface area (Å²) in [7, 11) is 0. The second-order valence-electron chi connectivity index (χ2n) is 4.43. The summed E-state index contributed by atoms with van der Waals surface area (Å²) in [6.45, 7) is 0. The molecule has 0 unspecified atom stereocenters. The summed E-state index contributed by atoms with van der Waals surface area (Å²) in [5, 5.41) is 1.14. The number of anilines is 1. The van der Waals surface area contributed by atoms with Crippen molar-refractivity contribution in [2.75, 3.05) is 5.73 Å². The lowest BCUT2D eigenvalue weighted by atomic mass is 10.0. The van der Waals surface area contributed by atoms with Crippen molar-refractivity contribution in [3.8, 4) is 0 Å². The van der Waals surface area contributed by atoms with Gasteiger partial charge in [-0.2, -0.15) is 0 Å². The van der Waals surface area contributed by atoms with Crippen molar-refractivity contribution >= 4 is 34.0 Å². The van der Waals surface area contributed by atoms with E-state index >= 15 is 0 Å². The second kappa shape index (κ2) is 4.65. The van der Waals surface area contributed by atoms with E-state index in [0.717, 1.165) is 5.52 Å². The number of fused-ring (bicyclic) bond motifs is 1. The molecule has 5 heteroatoms. The Balaban J connectivity index is 2.15. The molecule has 3 aromatic rings.